The summed E-state index contributed by atoms with van der Waals surface area (Å²) in [5, 5.41) is 2.52. The number of benzene rings is 2. The fourth-order valence-electron chi connectivity index (χ4n) is 2.87. The van der Waals surface area contributed by atoms with Crippen LogP contribution >= 0.6 is 0 Å². The Morgan fingerprint density at radius 3 is 2.41 bits per heavy atom. The first-order valence-corrected chi connectivity index (χ1v) is 8.69. The molecule has 1 amide bonds. The molecule has 0 atom stereocenters. The minimum atomic E-state index is -4.46. The molecule has 0 spiro atoms. The number of alkyl halides is 3. The van der Waals surface area contributed by atoms with Crippen LogP contribution in [0.25, 0.3) is 11.8 Å². The number of carbonyl (C=O) groups is 1. The number of para-hydroxylation sites is 1. The van der Waals surface area contributed by atoms with Crippen molar-refractivity contribution in [3.63, 3.8) is 0 Å². The fraction of sp³-hybridized carbons (Fsp3) is 0.143. The number of carbonyl (C=O) groups excluding carboxylic acids is 1. The van der Waals surface area contributed by atoms with E-state index in [-0.39, 0.29) is 11.3 Å². The number of amides is 1. The molecule has 0 unspecified atom stereocenters. The third kappa shape index (κ3) is 4.31. The molecule has 5 nitrogen and oxygen atoms in total. The Labute approximate surface area is 164 Å². The van der Waals surface area contributed by atoms with Crippen molar-refractivity contribution in [1.82, 2.24) is 9.36 Å². The van der Waals surface area contributed by atoms with Gasteiger partial charge in [0.25, 0.3) is 5.56 Å². The molecule has 1 aromatic heterocycles. The predicted molar refractivity (Wildman–Crippen MR) is 105 cm³/mol. The zero-order valence-electron chi connectivity index (χ0n) is 15.7. The molecule has 0 aliphatic carbocycles. The van der Waals surface area contributed by atoms with E-state index >= 15 is 0 Å². The van der Waals surface area contributed by atoms with E-state index in [4.69, 9.17) is 0 Å². The molecule has 0 saturated heterocycles. The zero-order valence-corrected chi connectivity index (χ0v) is 15.7. The molecule has 0 bridgehead atoms. The highest BCUT2D eigenvalue weighted by Gasteiger charge is 2.30. The third-order valence-electron chi connectivity index (χ3n) is 4.44. The lowest BCUT2D eigenvalue weighted by Crippen LogP contribution is -2.22. The standard InChI is InChI=1S/C21H18F3N3O2/c1-14-19(20(29)27(26(14)2)17-9-4-3-5-10-17)25-18(28)12-11-15-7-6-8-16(13-15)21(22,23)24/h3-13H,1-2H3,(H,25,28)/b12-11+. The minimum absolute atomic E-state index is 0.107. The van der Waals surface area contributed by atoms with Gasteiger partial charge in [-0.25, -0.2) is 4.68 Å². The highest BCUT2D eigenvalue weighted by atomic mass is 19.4. The van der Waals surface area contributed by atoms with Gasteiger partial charge < -0.3 is 5.32 Å². The quantitative estimate of drug-likeness (QED) is 0.668. The minimum Gasteiger partial charge on any atom is -0.316 e. The lowest BCUT2D eigenvalue weighted by atomic mass is 10.1. The summed E-state index contributed by atoms with van der Waals surface area (Å²) in [6.45, 7) is 1.69. The second-order valence-corrected chi connectivity index (χ2v) is 6.38. The maximum absolute atomic E-state index is 12.8. The first kappa shape index (κ1) is 20.2. The summed E-state index contributed by atoms with van der Waals surface area (Å²) in [5.74, 6) is -0.617. The predicted octanol–water partition coefficient (Wildman–Crippen LogP) is 4.16. The van der Waals surface area contributed by atoms with Crippen molar-refractivity contribution in [2.75, 3.05) is 5.32 Å². The van der Waals surface area contributed by atoms with Crippen molar-refractivity contribution in [3.8, 4) is 5.69 Å². The average molecular weight is 401 g/mol. The molecule has 8 heteroatoms. The fourth-order valence-corrected chi connectivity index (χ4v) is 2.87. The van der Waals surface area contributed by atoms with Crippen molar-refractivity contribution in [1.29, 1.82) is 0 Å². The van der Waals surface area contributed by atoms with Crippen molar-refractivity contribution in [2.45, 2.75) is 13.1 Å². The highest BCUT2D eigenvalue weighted by Crippen LogP contribution is 2.29. The van der Waals surface area contributed by atoms with Gasteiger partial charge in [-0.1, -0.05) is 30.3 Å². The monoisotopic (exact) mass is 401 g/mol. The number of hydrogen-bond acceptors (Lipinski definition) is 2. The largest absolute Gasteiger partial charge is 0.416 e. The molecule has 2 aromatic carbocycles. The van der Waals surface area contributed by atoms with Crippen LogP contribution in [0.4, 0.5) is 18.9 Å². The number of nitrogens with zero attached hydrogens (tertiary/aromatic N) is 2. The van der Waals surface area contributed by atoms with Gasteiger partial charge in [0.1, 0.15) is 5.69 Å². The van der Waals surface area contributed by atoms with E-state index in [1.54, 1.807) is 42.9 Å². The van der Waals surface area contributed by atoms with Crippen LogP contribution in [0.15, 0.2) is 65.5 Å². The van der Waals surface area contributed by atoms with E-state index in [1.807, 2.05) is 6.07 Å². The Kier molecular flexibility index (Phi) is 5.45. The lowest BCUT2D eigenvalue weighted by molar-refractivity contribution is -0.137. The van der Waals surface area contributed by atoms with Gasteiger partial charge in [0.2, 0.25) is 5.91 Å². The Bertz CT molecular complexity index is 1130. The SMILES string of the molecule is Cc1c(NC(=O)/C=C/c2cccc(C(F)(F)F)c2)c(=O)n(-c2ccccc2)n1C. The van der Waals surface area contributed by atoms with Crippen LogP contribution < -0.4 is 10.9 Å². The number of halogens is 3. The third-order valence-corrected chi connectivity index (χ3v) is 4.44. The molecule has 0 aliphatic heterocycles. The molecule has 1 heterocycles. The van der Waals surface area contributed by atoms with Gasteiger partial charge in [-0.05, 0) is 42.8 Å². The summed E-state index contributed by atoms with van der Waals surface area (Å²) in [6.07, 6.45) is -2.11. The number of anilines is 1. The maximum Gasteiger partial charge on any atom is 0.416 e. The Hall–Kier alpha value is -3.55. The molecular weight excluding hydrogens is 383 g/mol. The second-order valence-electron chi connectivity index (χ2n) is 6.38. The maximum atomic E-state index is 12.8. The number of rotatable bonds is 4. The average Bonchev–Trinajstić information content (AvgIpc) is 2.90. The molecule has 3 rings (SSSR count). The smallest absolute Gasteiger partial charge is 0.316 e. The van der Waals surface area contributed by atoms with Crippen molar-refractivity contribution < 1.29 is 18.0 Å². The number of hydrogen-bond donors (Lipinski definition) is 1. The molecule has 3 aromatic rings. The molecule has 1 N–H and O–H groups in total. The van der Waals surface area contributed by atoms with Crippen molar-refractivity contribution >= 4 is 17.7 Å². The first-order chi connectivity index (χ1) is 13.7. The summed E-state index contributed by atoms with van der Waals surface area (Å²) in [6, 6.07) is 13.6. The van der Waals surface area contributed by atoms with Gasteiger partial charge >= 0.3 is 6.18 Å². The topological polar surface area (TPSA) is 56.0 Å². The van der Waals surface area contributed by atoms with Crippen LogP contribution in [-0.4, -0.2) is 15.3 Å². The van der Waals surface area contributed by atoms with Crippen LogP contribution in [0.1, 0.15) is 16.8 Å². The van der Waals surface area contributed by atoms with Crippen LogP contribution in [0.2, 0.25) is 0 Å². The van der Waals surface area contributed by atoms with Crippen molar-refractivity contribution in [3.05, 3.63) is 87.8 Å². The van der Waals surface area contributed by atoms with E-state index in [0.717, 1.165) is 18.2 Å². The first-order valence-electron chi connectivity index (χ1n) is 8.69. The highest BCUT2D eigenvalue weighted by molar-refractivity contribution is 6.02. The van der Waals surface area contributed by atoms with Gasteiger partial charge in [0, 0.05) is 13.1 Å². The van der Waals surface area contributed by atoms with E-state index < -0.39 is 23.2 Å². The summed E-state index contributed by atoms with van der Waals surface area (Å²) in [5.41, 5.74) is 0.306. The van der Waals surface area contributed by atoms with Crippen LogP contribution in [-0.2, 0) is 18.0 Å². The van der Waals surface area contributed by atoms with E-state index in [0.29, 0.717) is 11.4 Å². The molecule has 0 saturated carbocycles. The molecular formula is C21H18F3N3O2. The van der Waals surface area contributed by atoms with Gasteiger partial charge in [0.15, 0.2) is 0 Å². The van der Waals surface area contributed by atoms with Crippen LogP contribution in [0.3, 0.4) is 0 Å². The van der Waals surface area contributed by atoms with Crippen molar-refractivity contribution in [2.24, 2.45) is 7.05 Å². The molecule has 150 valence electrons. The Morgan fingerprint density at radius 1 is 1.07 bits per heavy atom. The number of aromatic nitrogens is 2. The normalized spacial score (nSPS) is 11.8. The summed E-state index contributed by atoms with van der Waals surface area (Å²) < 4.78 is 41.4. The molecule has 29 heavy (non-hydrogen) atoms. The van der Waals surface area contributed by atoms with E-state index in [9.17, 15) is 22.8 Å². The van der Waals surface area contributed by atoms with Gasteiger partial charge in [-0.15, -0.1) is 0 Å². The Balaban J connectivity index is 1.84. The second kappa shape index (κ2) is 7.83. The number of nitrogens with one attached hydrogen (secondary N) is 1. The lowest BCUT2D eigenvalue weighted by Gasteiger charge is -2.07. The molecule has 0 aliphatic rings. The van der Waals surface area contributed by atoms with E-state index in [2.05, 4.69) is 5.32 Å². The summed E-state index contributed by atoms with van der Waals surface area (Å²) >= 11 is 0. The van der Waals surface area contributed by atoms with Gasteiger partial charge in [-0.2, -0.15) is 13.2 Å². The van der Waals surface area contributed by atoms with Gasteiger partial charge in [-0.3, -0.25) is 14.3 Å². The molecule has 0 radical (unpaired) electrons. The summed E-state index contributed by atoms with van der Waals surface area (Å²) in [7, 11) is 1.69. The zero-order chi connectivity index (χ0) is 21.2. The van der Waals surface area contributed by atoms with Gasteiger partial charge in [0.05, 0.1) is 16.9 Å². The molecule has 0 fully saturated rings. The van der Waals surface area contributed by atoms with Crippen LogP contribution in [0.5, 0.6) is 0 Å². The summed E-state index contributed by atoms with van der Waals surface area (Å²) in [4.78, 5) is 25.0. The Morgan fingerprint density at radius 2 is 1.76 bits per heavy atom. The van der Waals surface area contributed by atoms with E-state index in [1.165, 1.54) is 22.9 Å². The van der Waals surface area contributed by atoms with Crippen LogP contribution in [0, 0.1) is 6.92 Å².